The molecule has 0 spiro atoms. The standard InChI is InChI=1S/C8H17IN3O2/c1-8(2,3)14-11-6-5-10-9-7-12(4)13/h6H,5,7H2,1-4H3/q-1/b11-6+. The molecule has 0 fully saturated rings. The highest BCUT2D eigenvalue weighted by Crippen LogP contribution is 2.06. The third kappa shape index (κ3) is 11.9. The minimum Gasteiger partial charge on any atom is -0.785 e. The summed E-state index contributed by atoms with van der Waals surface area (Å²) in [5, 5.41) is 15.2. The molecular formula is C8H17IN3O2-. The second-order valence-electron chi connectivity index (χ2n) is 3.66. The smallest absolute Gasteiger partial charge is 0.129 e. The Morgan fingerprint density at radius 2 is 2.14 bits per heavy atom. The molecule has 0 amide bonds. The average Bonchev–Trinajstić information content (AvgIpc) is 2.00. The number of hydrogen-bond donors (Lipinski definition) is 0. The van der Waals surface area contributed by atoms with Crippen LogP contribution in [-0.2, 0) is 4.84 Å². The summed E-state index contributed by atoms with van der Waals surface area (Å²) in [6, 6.07) is 0. The third-order valence-corrected chi connectivity index (χ3v) is 3.00. The highest BCUT2D eigenvalue weighted by molar-refractivity contribution is 14.2. The van der Waals surface area contributed by atoms with Crippen LogP contribution in [0.1, 0.15) is 20.8 Å². The molecule has 0 radical (unpaired) electrons. The predicted octanol–water partition coefficient (Wildman–Crippen LogP) is 2.33. The Balaban J connectivity index is 3.49. The van der Waals surface area contributed by atoms with Crippen molar-refractivity contribution in [2.75, 3.05) is 18.1 Å². The van der Waals surface area contributed by atoms with E-state index >= 15 is 0 Å². The lowest BCUT2D eigenvalue weighted by Crippen LogP contribution is -2.15. The molecular weight excluding hydrogens is 297 g/mol. The molecule has 0 saturated carbocycles. The van der Waals surface area contributed by atoms with E-state index in [0.717, 1.165) is 5.06 Å². The van der Waals surface area contributed by atoms with Gasteiger partial charge in [0, 0.05) is 21.0 Å². The van der Waals surface area contributed by atoms with Crippen LogP contribution in [0.5, 0.6) is 0 Å². The van der Waals surface area contributed by atoms with Gasteiger partial charge in [0.1, 0.15) is 5.60 Å². The largest absolute Gasteiger partial charge is 0.785 e. The van der Waals surface area contributed by atoms with Crippen LogP contribution in [-0.4, -0.2) is 35.0 Å². The Bertz CT molecular complexity index is 199. The van der Waals surface area contributed by atoms with Crippen molar-refractivity contribution in [3.05, 3.63) is 5.21 Å². The van der Waals surface area contributed by atoms with Crippen molar-refractivity contribution in [2.45, 2.75) is 26.4 Å². The molecule has 0 N–H and O–H groups in total. The van der Waals surface area contributed by atoms with Crippen LogP contribution in [0.15, 0.2) is 8.30 Å². The van der Waals surface area contributed by atoms with Gasteiger partial charge in [0.05, 0.1) is 17.3 Å². The summed E-state index contributed by atoms with van der Waals surface area (Å²) in [5.74, 6) is 0. The van der Waals surface area contributed by atoms with Crippen LogP contribution < -0.4 is 0 Å². The molecule has 84 valence electrons. The van der Waals surface area contributed by atoms with E-state index < -0.39 is 0 Å². The van der Waals surface area contributed by atoms with Gasteiger partial charge in [-0.1, -0.05) is 5.16 Å². The molecule has 0 unspecified atom stereocenters. The molecule has 0 heterocycles. The van der Waals surface area contributed by atoms with Gasteiger partial charge in [0.25, 0.3) is 0 Å². The van der Waals surface area contributed by atoms with Gasteiger partial charge in [-0.3, -0.25) is 3.15 Å². The fourth-order valence-electron chi connectivity index (χ4n) is 0.421. The molecule has 0 aromatic heterocycles. The van der Waals surface area contributed by atoms with E-state index in [2.05, 4.69) is 8.30 Å². The lowest BCUT2D eigenvalue weighted by atomic mass is 10.2. The minimum absolute atomic E-state index is 0.249. The number of rotatable bonds is 5. The fourth-order valence-corrected chi connectivity index (χ4v) is 1.52. The summed E-state index contributed by atoms with van der Waals surface area (Å²) in [5.41, 5.74) is -0.249. The van der Waals surface area contributed by atoms with Crippen molar-refractivity contribution in [3.8, 4) is 0 Å². The van der Waals surface area contributed by atoms with Crippen molar-refractivity contribution in [3.63, 3.8) is 0 Å². The molecule has 0 rings (SSSR count). The molecule has 0 aliphatic rings. The van der Waals surface area contributed by atoms with Crippen molar-refractivity contribution in [2.24, 2.45) is 8.30 Å². The van der Waals surface area contributed by atoms with Crippen molar-refractivity contribution in [1.82, 2.24) is 5.06 Å². The molecule has 0 atom stereocenters. The van der Waals surface area contributed by atoms with E-state index in [-0.39, 0.29) is 26.6 Å². The number of oxime groups is 1. The molecule has 0 bridgehead atoms. The van der Waals surface area contributed by atoms with E-state index in [9.17, 15) is 5.21 Å². The van der Waals surface area contributed by atoms with Gasteiger partial charge >= 0.3 is 0 Å². The number of alkyl halides is 1. The fraction of sp³-hybridized carbons (Fsp3) is 0.875. The zero-order valence-electron chi connectivity index (χ0n) is 9.03. The molecule has 14 heavy (non-hydrogen) atoms. The predicted molar refractivity (Wildman–Crippen MR) is 66.6 cm³/mol. The lowest BCUT2D eigenvalue weighted by Gasteiger charge is -2.17. The molecule has 5 nitrogen and oxygen atoms in total. The zero-order chi connectivity index (χ0) is 11.0. The summed E-state index contributed by atoms with van der Waals surface area (Å²) < 4.78 is 4.70. The Labute approximate surface area is 95.2 Å². The molecule has 0 saturated heterocycles. The third-order valence-electron chi connectivity index (χ3n) is 0.858. The molecule has 0 aromatic rings. The van der Waals surface area contributed by atoms with Gasteiger partial charge in [-0.2, -0.15) is 0 Å². The molecule has 6 heteroatoms. The van der Waals surface area contributed by atoms with Gasteiger partial charge in [0.15, 0.2) is 0 Å². The second-order valence-corrected chi connectivity index (χ2v) is 5.71. The molecule has 0 aromatic carbocycles. The minimum atomic E-state index is -0.370. The normalized spacial score (nSPS) is 13.9. The maximum Gasteiger partial charge on any atom is 0.129 e. The Kier molecular flexibility index (Phi) is 7.20. The summed E-state index contributed by atoms with van der Waals surface area (Å²) >= 11 is -0.370. The SMILES string of the molecule is CN([O-])CI=NC/C=N/OC(C)(C)C. The van der Waals surface area contributed by atoms with Crippen molar-refractivity contribution in [1.29, 1.82) is 0 Å². The van der Waals surface area contributed by atoms with Crippen LogP contribution in [0.2, 0.25) is 0 Å². The maximum absolute atomic E-state index is 10.5. The first kappa shape index (κ1) is 13.9. The van der Waals surface area contributed by atoms with Gasteiger partial charge in [-0.25, -0.2) is 0 Å². The number of hydrogen-bond acceptors (Lipinski definition) is 5. The van der Waals surface area contributed by atoms with E-state index in [1.54, 1.807) is 6.21 Å². The van der Waals surface area contributed by atoms with Crippen molar-refractivity contribution < 1.29 is 4.84 Å². The second kappa shape index (κ2) is 7.24. The summed E-state index contributed by atoms with van der Waals surface area (Å²) in [6.07, 6.45) is 1.62. The van der Waals surface area contributed by atoms with Crippen LogP contribution in [0, 0.1) is 5.21 Å². The first-order chi connectivity index (χ1) is 6.42. The molecule has 0 aliphatic carbocycles. The zero-order valence-corrected chi connectivity index (χ0v) is 11.2. The van der Waals surface area contributed by atoms with Gasteiger partial charge in [-0.15, -0.1) is 0 Å². The number of halogens is 1. The van der Waals surface area contributed by atoms with Crippen LogP contribution in [0.4, 0.5) is 0 Å². The van der Waals surface area contributed by atoms with Gasteiger partial charge in [-0.05, 0) is 27.8 Å². The van der Waals surface area contributed by atoms with Crippen LogP contribution in [0.25, 0.3) is 0 Å². The Hall–Kier alpha value is -0.0800. The monoisotopic (exact) mass is 314 g/mol. The average molecular weight is 314 g/mol. The van der Waals surface area contributed by atoms with E-state index in [1.165, 1.54) is 7.05 Å². The van der Waals surface area contributed by atoms with Crippen LogP contribution in [0.3, 0.4) is 0 Å². The van der Waals surface area contributed by atoms with E-state index in [1.807, 2.05) is 20.8 Å². The number of hydroxylamine groups is 2. The van der Waals surface area contributed by atoms with E-state index in [0.29, 0.717) is 11.1 Å². The lowest BCUT2D eigenvalue weighted by molar-refractivity contribution is 0.00174. The quantitative estimate of drug-likeness (QED) is 0.257. The first-order valence-corrected chi connectivity index (χ1v) is 6.74. The summed E-state index contributed by atoms with van der Waals surface area (Å²) in [6.45, 7) is 6.33. The topological polar surface area (TPSA) is 60.2 Å². The van der Waals surface area contributed by atoms with Gasteiger partial charge in [0.2, 0.25) is 0 Å². The summed E-state index contributed by atoms with van der Waals surface area (Å²) in [7, 11) is 1.51. The maximum atomic E-state index is 10.5. The van der Waals surface area contributed by atoms with Crippen molar-refractivity contribution >= 4 is 27.2 Å². The summed E-state index contributed by atoms with van der Waals surface area (Å²) in [4.78, 5) is 5.11. The van der Waals surface area contributed by atoms with Gasteiger partial charge < -0.3 is 15.1 Å². The highest BCUT2D eigenvalue weighted by Gasteiger charge is 2.08. The molecule has 0 aliphatic heterocycles. The van der Waals surface area contributed by atoms with Crippen LogP contribution >= 0.6 is 21.0 Å². The highest BCUT2D eigenvalue weighted by atomic mass is 127. The van der Waals surface area contributed by atoms with E-state index in [4.69, 9.17) is 4.84 Å². The first-order valence-electron chi connectivity index (χ1n) is 4.25. The Morgan fingerprint density at radius 1 is 1.50 bits per heavy atom. The number of nitrogens with zero attached hydrogens (tertiary/aromatic N) is 3. The Morgan fingerprint density at radius 3 is 2.64 bits per heavy atom.